The number of carbonyl (C=O) groups excluding carboxylic acids is 1. The van der Waals surface area contributed by atoms with Gasteiger partial charge in [-0.2, -0.15) is 0 Å². The van der Waals surface area contributed by atoms with Crippen LogP contribution in [0.3, 0.4) is 0 Å². The molecule has 1 aromatic carbocycles. The Morgan fingerprint density at radius 1 is 1.45 bits per heavy atom. The fraction of sp³-hybridized carbons (Fsp3) is 0.471. The first kappa shape index (κ1) is 14.6. The third-order valence-corrected chi connectivity index (χ3v) is 3.56. The zero-order valence-corrected chi connectivity index (χ0v) is 11.9. The number of rotatable bonds is 5. The molecule has 1 aliphatic rings. The van der Waals surface area contributed by atoms with Gasteiger partial charge < -0.3 is 10.4 Å². The van der Waals surface area contributed by atoms with Crippen molar-refractivity contribution in [2.45, 2.75) is 32.6 Å². The van der Waals surface area contributed by atoms with Crippen LogP contribution in [-0.2, 0) is 0 Å². The van der Waals surface area contributed by atoms with Crippen LogP contribution in [0.1, 0.15) is 47.2 Å². The third-order valence-electron chi connectivity index (χ3n) is 3.56. The van der Waals surface area contributed by atoms with E-state index in [1.54, 1.807) is 6.07 Å². The number of aliphatic hydroxyl groups excluding tert-OH is 1. The average Bonchev–Trinajstić information content (AvgIpc) is 3.26. The lowest BCUT2D eigenvalue weighted by Gasteiger charge is -2.06. The Kier molecular flexibility index (Phi) is 5.20. The van der Waals surface area contributed by atoms with Crippen LogP contribution in [-0.4, -0.2) is 24.2 Å². The number of amides is 1. The molecule has 0 atom stereocenters. The summed E-state index contributed by atoms with van der Waals surface area (Å²) in [6.45, 7) is 2.52. The molecule has 2 N–H and O–H groups in total. The smallest absolute Gasteiger partial charge is 0.251 e. The van der Waals surface area contributed by atoms with Crippen molar-refractivity contribution in [3.8, 4) is 11.8 Å². The van der Waals surface area contributed by atoms with Gasteiger partial charge in [0.2, 0.25) is 0 Å². The van der Waals surface area contributed by atoms with E-state index in [1.165, 1.54) is 19.3 Å². The zero-order chi connectivity index (χ0) is 14.4. The highest BCUT2D eigenvalue weighted by atomic mass is 16.2. The average molecular weight is 271 g/mol. The van der Waals surface area contributed by atoms with Crippen molar-refractivity contribution in [3.63, 3.8) is 0 Å². The molecule has 20 heavy (non-hydrogen) atoms. The summed E-state index contributed by atoms with van der Waals surface area (Å²) in [5.41, 5.74) is 2.48. The molecule has 0 aromatic heterocycles. The number of aliphatic hydroxyl groups is 1. The predicted molar refractivity (Wildman–Crippen MR) is 79.4 cm³/mol. The van der Waals surface area contributed by atoms with Crippen LogP contribution in [0.15, 0.2) is 18.2 Å². The fourth-order valence-corrected chi connectivity index (χ4v) is 2.18. The summed E-state index contributed by atoms with van der Waals surface area (Å²) in [5, 5.41) is 11.6. The molecule has 1 fully saturated rings. The summed E-state index contributed by atoms with van der Waals surface area (Å²) in [4.78, 5) is 12.0. The first-order valence-electron chi connectivity index (χ1n) is 7.19. The first-order valence-corrected chi connectivity index (χ1v) is 7.19. The van der Waals surface area contributed by atoms with Gasteiger partial charge in [0.15, 0.2) is 0 Å². The Bertz CT molecular complexity index is 536. The van der Waals surface area contributed by atoms with Gasteiger partial charge >= 0.3 is 0 Å². The van der Waals surface area contributed by atoms with Gasteiger partial charge in [-0.3, -0.25) is 4.79 Å². The van der Waals surface area contributed by atoms with E-state index in [0.717, 1.165) is 30.0 Å². The molecule has 0 saturated heterocycles. The van der Waals surface area contributed by atoms with Crippen molar-refractivity contribution >= 4 is 5.91 Å². The molecule has 2 rings (SSSR count). The number of hydrogen-bond donors (Lipinski definition) is 2. The Hall–Kier alpha value is -1.79. The molecule has 0 aliphatic heterocycles. The zero-order valence-electron chi connectivity index (χ0n) is 11.9. The Morgan fingerprint density at radius 3 is 2.90 bits per heavy atom. The van der Waals surface area contributed by atoms with Crippen LogP contribution in [0.25, 0.3) is 0 Å². The molecule has 1 aromatic rings. The number of aryl methyl sites for hydroxylation is 1. The minimum absolute atomic E-state index is 0.0226. The van der Waals surface area contributed by atoms with Crippen LogP contribution in [0, 0.1) is 24.7 Å². The maximum atomic E-state index is 12.0. The van der Waals surface area contributed by atoms with Crippen LogP contribution >= 0.6 is 0 Å². The molecule has 0 unspecified atom stereocenters. The number of carbonyl (C=O) groups is 1. The maximum Gasteiger partial charge on any atom is 0.251 e. The number of nitrogens with one attached hydrogen (secondary N) is 1. The van der Waals surface area contributed by atoms with Gasteiger partial charge in [0.05, 0.1) is 0 Å². The molecular weight excluding hydrogens is 250 g/mol. The standard InChI is InChI=1S/C17H21NO2/c1-13-12-16(9-8-15(13)5-3-11-19)17(20)18-10-2-4-14-6-7-14/h8-9,12,14,19H,2,4,6-7,10-11H2,1H3,(H,18,20). The van der Waals surface area contributed by atoms with Crippen molar-refractivity contribution in [3.05, 3.63) is 34.9 Å². The van der Waals surface area contributed by atoms with E-state index in [1.807, 2.05) is 19.1 Å². The summed E-state index contributed by atoms with van der Waals surface area (Å²) in [6, 6.07) is 5.46. The van der Waals surface area contributed by atoms with E-state index in [4.69, 9.17) is 5.11 Å². The van der Waals surface area contributed by atoms with Gasteiger partial charge in [-0.15, -0.1) is 0 Å². The molecule has 0 spiro atoms. The molecular formula is C17H21NO2. The summed E-state index contributed by atoms with van der Waals surface area (Å²) < 4.78 is 0. The van der Waals surface area contributed by atoms with E-state index in [2.05, 4.69) is 17.2 Å². The van der Waals surface area contributed by atoms with Crippen LogP contribution in [0.4, 0.5) is 0 Å². The molecule has 0 bridgehead atoms. The van der Waals surface area contributed by atoms with Crippen LogP contribution < -0.4 is 5.32 Å². The highest BCUT2D eigenvalue weighted by Gasteiger charge is 2.20. The van der Waals surface area contributed by atoms with E-state index in [0.29, 0.717) is 5.56 Å². The van der Waals surface area contributed by atoms with Gasteiger partial charge in [-0.05, 0) is 49.4 Å². The Balaban J connectivity index is 1.87. The minimum Gasteiger partial charge on any atom is -0.384 e. The Labute approximate surface area is 120 Å². The van der Waals surface area contributed by atoms with Crippen molar-refractivity contribution in [1.29, 1.82) is 0 Å². The molecule has 3 heteroatoms. The van der Waals surface area contributed by atoms with Crippen molar-refractivity contribution < 1.29 is 9.90 Å². The molecule has 1 saturated carbocycles. The van der Waals surface area contributed by atoms with Gasteiger partial charge in [0, 0.05) is 17.7 Å². The highest BCUT2D eigenvalue weighted by Crippen LogP contribution is 2.33. The molecule has 1 aliphatic carbocycles. The topological polar surface area (TPSA) is 49.3 Å². The SMILES string of the molecule is Cc1cc(C(=O)NCCCC2CC2)ccc1C#CCO. The molecule has 0 radical (unpaired) electrons. The fourth-order valence-electron chi connectivity index (χ4n) is 2.18. The van der Waals surface area contributed by atoms with Gasteiger partial charge in [-0.25, -0.2) is 0 Å². The van der Waals surface area contributed by atoms with E-state index in [9.17, 15) is 4.79 Å². The van der Waals surface area contributed by atoms with Crippen molar-refractivity contribution in [2.75, 3.05) is 13.2 Å². The van der Waals surface area contributed by atoms with Gasteiger partial charge in [-0.1, -0.05) is 24.7 Å². The third kappa shape index (κ3) is 4.40. The quantitative estimate of drug-likeness (QED) is 0.637. The van der Waals surface area contributed by atoms with Crippen molar-refractivity contribution in [2.24, 2.45) is 5.92 Å². The minimum atomic E-state index is -0.150. The van der Waals surface area contributed by atoms with E-state index >= 15 is 0 Å². The molecule has 3 nitrogen and oxygen atoms in total. The second-order valence-corrected chi connectivity index (χ2v) is 5.33. The molecule has 106 valence electrons. The summed E-state index contributed by atoms with van der Waals surface area (Å²) in [5.74, 6) is 6.38. The van der Waals surface area contributed by atoms with Gasteiger partial charge in [0.1, 0.15) is 6.61 Å². The second kappa shape index (κ2) is 7.12. The lowest BCUT2D eigenvalue weighted by atomic mass is 10.0. The largest absolute Gasteiger partial charge is 0.384 e. The number of hydrogen-bond acceptors (Lipinski definition) is 2. The van der Waals surface area contributed by atoms with Gasteiger partial charge in [0.25, 0.3) is 5.91 Å². The number of benzene rings is 1. The maximum absolute atomic E-state index is 12.0. The normalized spacial score (nSPS) is 13.5. The molecule has 0 heterocycles. The lowest BCUT2D eigenvalue weighted by Crippen LogP contribution is -2.24. The summed E-state index contributed by atoms with van der Waals surface area (Å²) in [6.07, 6.45) is 5.03. The second-order valence-electron chi connectivity index (χ2n) is 5.33. The van der Waals surface area contributed by atoms with E-state index in [-0.39, 0.29) is 12.5 Å². The molecule has 1 amide bonds. The summed E-state index contributed by atoms with van der Waals surface area (Å²) in [7, 11) is 0. The lowest BCUT2D eigenvalue weighted by molar-refractivity contribution is 0.0952. The summed E-state index contributed by atoms with van der Waals surface area (Å²) >= 11 is 0. The monoisotopic (exact) mass is 271 g/mol. The predicted octanol–water partition coefficient (Wildman–Crippen LogP) is 2.26. The highest BCUT2D eigenvalue weighted by molar-refractivity contribution is 5.94. The first-order chi connectivity index (χ1) is 9.70. The van der Waals surface area contributed by atoms with Crippen LogP contribution in [0.5, 0.6) is 0 Å². The van der Waals surface area contributed by atoms with E-state index < -0.39 is 0 Å². The van der Waals surface area contributed by atoms with Crippen LogP contribution in [0.2, 0.25) is 0 Å². The van der Waals surface area contributed by atoms with Crippen molar-refractivity contribution in [1.82, 2.24) is 5.32 Å². The Morgan fingerprint density at radius 2 is 2.25 bits per heavy atom.